The molecule has 0 aromatic carbocycles. The SMILES string of the molecule is CC1C2=C(C=C(F)C1Br)C1CC(C1)C(=O)C2Br. The van der Waals surface area contributed by atoms with Crippen molar-refractivity contribution in [2.45, 2.75) is 29.4 Å². The van der Waals surface area contributed by atoms with Crippen molar-refractivity contribution < 1.29 is 9.18 Å². The number of alkyl halides is 2. The molecule has 1 nitrogen and oxygen atoms in total. The molecule has 0 saturated heterocycles. The molecule has 0 radical (unpaired) electrons. The second kappa shape index (κ2) is 4.02. The molecule has 4 aliphatic carbocycles. The molecule has 92 valence electrons. The van der Waals surface area contributed by atoms with E-state index in [0.717, 1.165) is 24.0 Å². The molecule has 0 aliphatic heterocycles. The van der Waals surface area contributed by atoms with E-state index >= 15 is 0 Å². The minimum atomic E-state index is -0.288. The van der Waals surface area contributed by atoms with Crippen LogP contribution in [0.15, 0.2) is 23.0 Å². The second-order valence-electron chi connectivity index (χ2n) is 5.26. The van der Waals surface area contributed by atoms with Gasteiger partial charge >= 0.3 is 0 Å². The van der Waals surface area contributed by atoms with Gasteiger partial charge < -0.3 is 0 Å². The van der Waals surface area contributed by atoms with Crippen LogP contribution in [0, 0.1) is 17.8 Å². The highest BCUT2D eigenvalue weighted by Gasteiger charge is 2.47. The van der Waals surface area contributed by atoms with Crippen LogP contribution in [0.2, 0.25) is 0 Å². The summed E-state index contributed by atoms with van der Waals surface area (Å²) in [6, 6.07) is 0. The first kappa shape index (κ1) is 12.1. The molecular weight excluding hydrogens is 351 g/mol. The van der Waals surface area contributed by atoms with E-state index in [1.165, 1.54) is 0 Å². The summed E-state index contributed by atoms with van der Waals surface area (Å²) < 4.78 is 13.8. The van der Waals surface area contributed by atoms with Gasteiger partial charge in [-0.2, -0.15) is 0 Å². The summed E-state index contributed by atoms with van der Waals surface area (Å²) in [6.45, 7) is 1.99. The van der Waals surface area contributed by atoms with E-state index < -0.39 is 0 Å². The van der Waals surface area contributed by atoms with Crippen molar-refractivity contribution in [3.63, 3.8) is 0 Å². The van der Waals surface area contributed by atoms with Crippen LogP contribution in [0.3, 0.4) is 0 Å². The summed E-state index contributed by atoms with van der Waals surface area (Å²) in [5.74, 6) is 0.812. The third kappa shape index (κ3) is 1.63. The molecule has 17 heavy (non-hydrogen) atoms. The van der Waals surface area contributed by atoms with Gasteiger partial charge in [-0.05, 0) is 41.9 Å². The number of carbonyl (C=O) groups excluding carboxylic acids is 1. The van der Waals surface area contributed by atoms with Gasteiger partial charge in [-0.3, -0.25) is 4.79 Å². The van der Waals surface area contributed by atoms with Gasteiger partial charge in [0.25, 0.3) is 0 Å². The van der Waals surface area contributed by atoms with E-state index in [0.29, 0.717) is 5.92 Å². The minimum absolute atomic E-state index is 0.0441. The molecule has 0 heterocycles. The number of fused-ring (bicyclic) bond motifs is 1. The third-order valence-electron chi connectivity index (χ3n) is 4.32. The lowest BCUT2D eigenvalue weighted by molar-refractivity contribution is -0.124. The van der Waals surface area contributed by atoms with Crippen LogP contribution in [0.1, 0.15) is 19.8 Å². The molecule has 4 rings (SSSR count). The quantitative estimate of drug-likeness (QED) is 0.596. The maximum absolute atomic E-state index is 13.8. The Morgan fingerprint density at radius 1 is 1.29 bits per heavy atom. The van der Waals surface area contributed by atoms with Crippen LogP contribution in [0.25, 0.3) is 0 Å². The van der Waals surface area contributed by atoms with Crippen LogP contribution in [0.4, 0.5) is 4.39 Å². The average molecular weight is 364 g/mol. The lowest BCUT2D eigenvalue weighted by Gasteiger charge is -2.34. The molecule has 4 heteroatoms. The minimum Gasteiger partial charge on any atom is -0.298 e. The molecule has 1 fully saturated rings. The van der Waals surface area contributed by atoms with Crippen molar-refractivity contribution in [2.75, 3.05) is 0 Å². The van der Waals surface area contributed by atoms with Crippen molar-refractivity contribution >= 4 is 37.6 Å². The van der Waals surface area contributed by atoms with Gasteiger partial charge in [0.1, 0.15) is 5.83 Å². The van der Waals surface area contributed by atoms with E-state index in [1.807, 2.05) is 6.92 Å². The van der Waals surface area contributed by atoms with Crippen molar-refractivity contribution in [2.24, 2.45) is 17.8 Å². The Morgan fingerprint density at radius 3 is 2.59 bits per heavy atom. The molecule has 0 amide bonds. The molecule has 3 unspecified atom stereocenters. The van der Waals surface area contributed by atoms with Crippen molar-refractivity contribution in [3.8, 4) is 0 Å². The molecule has 0 aromatic heterocycles. The zero-order chi connectivity index (χ0) is 12.3. The molecule has 0 aromatic rings. The summed E-state index contributed by atoms with van der Waals surface area (Å²) in [4.78, 5) is 11.7. The van der Waals surface area contributed by atoms with Gasteiger partial charge in [0.15, 0.2) is 5.78 Å². The van der Waals surface area contributed by atoms with Crippen molar-refractivity contribution in [1.29, 1.82) is 0 Å². The first-order valence-electron chi connectivity index (χ1n) is 5.93. The standard InChI is InChI=1S/C13H13Br2FO/c1-5-10-8(4-9(16)11(5)14)6-2-7(3-6)13(17)12(10)15/h4-7,11-12H,2-3H2,1H3. The third-order valence-corrected chi connectivity index (χ3v) is 6.50. The number of carbonyl (C=O) groups is 1. The predicted molar refractivity (Wildman–Crippen MR) is 72.0 cm³/mol. The van der Waals surface area contributed by atoms with Gasteiger partial charge in [0.2, 0.25) is 0 Å². The van der Waals surface area contributed by atoms with E-state index in [-0.39, 0.29) is 33.1 Å². The summed E-state index contributed by atoms with van der Waals surface area (Å²) in [5.41, 5.74) is 2.18. The first-order valence-corrected chi connectivity index (χ1v) is 7.76. The van der Waals surface area contributed by atoms with Crippen LogP contribution < -0.4 is 0 Å². The smallest absolute Gasteiger partial charge is 0.153 e. The summed E-state index contributed by atoms with van der Waals surface area (Å²) in [7, 11) is 0. The Kier molecular flexibility index (Phi) is 2.86. The number of halogens is 3. The maximum atomic E-state index is 13.8. The fourth-order valence-electron chi connectivity index (χ4n) is 3.17. The molecule has 4 aliphatic rings. The Morgan fingerprint density at radius 2 is 1.94 bits per heavy atom. The Labute approximate surface area is 117 Å². The van der Waals surface area contributed by atoms with Gasteiger partial charge in [-0.1, -0.05) is 38.8 Å². The lowest BCUT2D eigenvalue weighted by atomic mass is 9.70. The van der Waals surface area contributed by atoms with Crippen molar-refractivity contribution in [3.05, 3.63) is 23.0 Å². The van der Waals surface area contributed by atoms with E-state index in [2.05, 4.69) is 31.9 Å². The number of hydrogen-bond acceptors (Lipinski definition) is 1. The van der Waals surface area contributed by atoms with Gasteiger partial charge in [0, 0.05) is 5.92 Å². The van der Waals surface area contributed by atoms with E-state index in [1.54, 1.807) is 6.08 Å². The molecular formula is C13H13Br2FO. The molecule has 2 bridgehead atoms. The Balaban J connectivity index is 2.12. The molecule has 0 N–H and O–H groups in total. The first-order chi connectivity index (χ1) is 8.00. The molecule has 1 saturated carbocycles. The number of Topliss-reactive ketones (excluding diaryl/α,β-unsaturated/α-hetero) is 1. The Bertz CT molecular complexity index is 448. The van der Waals surface area contributed by atoms with Crippen LogP contribution in [-0.4, -0.2) is 15.4 Å². The van der Waals surface area contributed by atoms with Crippen LogP contribution in [0.5, 0.6) is 0 Å². The van der Waals surface area contributed by atoms with Gasteiger partial charge in [-0.25, -0.2) is 4.39 Å². The van der Waals surface area contributed by atoms with Crippen LogP contribution in [-0.2, 0) is 4.79 Å². The highest BCUT2D eigenvalue weighted by molar-refractivity contribution is 9.10. The number of hydrogen-bond donors (Lipinski definition) is 0. The van der Waals surface area contributed by atoms with E-state index in [4.69, 9.17) is 0 Å². The predicted octanol–water partition coefficient (Wildman–Crippen LogP) is 3.92. The summed E-state index contributed by atoms with van der Waals surface area (Å²) in [5, 5.41) is 0. The number of allylic oxidation sites excluding steroid dienone is 4. The summed E-state index contributed by atoms with van der Waals surface area (Å²) in [6.07, 6.45) is 3.47. The highest BCUT2D eigenvalue weighted by atomic mass is 79.9. The average Bonchev–Trinajstić information content (AvgIpc) is 2.37. The highest BCUT2D eigenvalue weighted by Crippen LogP contribution is 2.52. The maximum Gasteiger partial charge on any atom is 0.153 e. The van der Waals surface area contributed by atoms with E-state index in [9.17, 15) is 9.18 Å². The summed E-state index contributed by atoms with van der Waals surface area (Å²) >= 11 is 6.90. The zero-order valence-electron chi connectivity index (χ0n) is 9.42. The number of rotatable bonds is 0. The molecule has 0 spiro atoms. The largest absolute Gasteiger partial charge is 0.298 e. The lowest BCUT2D eigenvalue weighted by Crippen LogP contribution is -2.32. The normalized spacial score (nSPS) is 44.8. The fourth-order valence-corrected chi connectivity index (χ4v) is 4.64. The van der Waals surface area contributed by atoms with Gasteiger partial charge in [0.05, 0.1) is 9.65 Å². The van der Waals surface area contributed by atoms with Crippen molar-refractivity contribution in [1.82, 2.24) is 0 Å². The molecule has 3 atom stereocenters. The second-order valence-corrected chi connectivity index (χ2v) is 7.16. The van der Waals surface area contributed by atoms with Gasteiger partial charge in [-0.15, -0.1) is 0 Å². The van der Waals surface area contributed by atoms with Crippen LogP contribution >= 0.6 is 31.9 Å². The topological polar surface area (TPSA) is 17.1 Å². The Hall–Kier alpha value is 0.0400. The monoisotopic (exact) mass is 362 g/mol. The number of ketones is 1. The fraction of sp³-hybridized carbons (Fsp3) is 0.615. The zero-order valence-corrected chi connectivity index (χ0v) is 12.6.